The van der Waals surface area contributed by atoms with Gasteiger partial charge in [0.2, 0.25) is 0 Å². The fourth-order valence-electron chi connectivity index (χ4n) is 0.749. The molecule has 2 heteroatoms. The van der Waals surface area contributed by atoms with Crippen molar-refractivity contribution in [2.75, 3.05) is 5.73 Å². The van der Waals surface area contributed by atoms with Crippen LogP contribution in [0.25, 0.3) is 0 Å². The predicted molar refractivity (Wildman–Crippen MR) is 37.4 cm³/mol. The second kappa shape index (κ2) is 2.51. The van der Waals surface area contributed by atoms with E-state index >= 15 is 0 Å². The van der Waals surface area contributed by atoms with Crippen molar-refractivity contribution in [3.8, 4) is 0 Å². The number of benzene rings is 1. The van der Waals surface area contributed by atoms with Crippen LogP contribution >= 0.6 is 0 Å². The molecule has 1 aromatic rings. The van der Waals surface area contributed by atoms with E-state index in [9.17, 15) is 0 Å². The van der Waals surface area contributed by atoms with Crippen molar-refractivity contribution in [1.29, 1.82) is 0 Å². The first-order chi connectivity index (χ1) is 4.33. The Morgan fingerprint density at radius 1 is 1.44 bits per heavy atom. The van der Waals surface area contributed by atoms with E-state index in [-0.39, 0.29) is 0 Å². The molecule has 0 aliphatic heterocycles. The molecule has 0 radical (unpaired) electrons. The maximum Gasteiger partial charge on any atom is 0.0998 e. The summed E-state index contributed by atoms with van der Waals surface area (Å²) >= 11 is 0. The molecule has 0 aromatic heterocycles. The van der Waals surface area contributed by atoms with Gasteiger partial charge in [-0.3, -0.25) is 0 Å². The van der Waals surface area contributed by atoms with E-state index in [1.807, 2.05) is 24.3 Å². The van der Waals surface area contributed by atoms with E-state index in [1.165, 1.54) is 5.56 Å². The molecule has 0 unspecified atom stereocenters. The molecule has 0 aliphatic carbocycles. The maximum absolute atomic E-state index is 5.51. The third kappa shape index (κ3) is 1.44. The van der Waals surface area contributed by atoms with Gasteiger partial charge in [-0.25, -0.2) is 0 Å². The van der Waals surface area contributed by atoms with Gasteiger partial charge in [-0.15, -0.1) is 0 Å². The highest BCUT2D eigenvalue weighted by atomic mass is 14.6. The Labute approximate surface area is 54.5 Å². The summed E-state index contributed by atoms with van der Waals surface area (Å²) in [6, 6.07) is 7.77. The van der Waals surface area contributed by atoms with E-state index in [0.717, 1.165) is 12.2 Å². The molecule has 9 heavy (non-hydrogen) atoms. The Morgan fingerprint density at radius 2 is 2.22 bits per heavy atom. The molecule has 1 rings (SSSR count). The summed E-state index contributed by atoms with van der Waals surface area (Å²) in [6.45, 7) is 0.811. The van der Waals surface area contributed by atoms with Gasteiger partial charge in [-0.1, -0.05) is 12.1 Å². The molecular weight excluding hydrogens is 112 g/mol. The van der Waals surface area contributed by atoms with E-state index in [1.54, 1.807) is 0 Å². The first kappa shape index (κ1) is 6.11. The molecule has 0 aliphatic rings. The fourth-order valence-corrected chi connectivity index (χ4v) is 0.749. The third-order valence-corrected chi connectivity index (χ3v) is 1.24. The lowest BCUT2D eigenvalue weighted by Crippen LogP contribution is -2.47. The smallest absolute Gasteiger partial charge is 0.0998 e. The van der Waals surface area contributed by atoms with Crippen LogP contribution in [0.5, 0.6) is 0 Å². The van der Waals surface area contributed by atoms with Gasteiger partial charge in [0.25, 0.3) is 0 Å². The molecular formula is C7H11N2+. The molecule has 2 nitrogen and oxygen atoms in total. The van der Waals surface area contributed by atoms with E-state index < -0.39 is 0 Å². The van der Waals surface area contributed by atoms with Gasteiger partial charge in [0.15, 0.2) is 0 Å². The lowest BCUT2D eigenvalue weighted by atomic mass is 10.2. The second-order valence-electron chi connectivity index (χ2n) is 2.00. The Kier molecular flexibility index (Phi) is 1.70. The minimum absolute atomic E-state index is 0.811. The van der Waals surface area contributed by atoms with Crippen LogP contribution in [0.4, 0.5) is 5.69 Å². The van der Waals surface area contributed by atoms with Crippen LogP contribution < -0.4 is 11.5 Å². The van der Waals surface area contributed by atoms with Gasteiger partial charge in [-0.05, 0) is 12.1 Å². The van der Waals surface area contributed by atoms with Crippen molar-refractivity contribution in [3.05, 3.63) is 29.8 Å². The second-order valence-corrected chi connectivity index (χ2v) is 2.00. The Morgan fingerprint density at radius 3 is 2.67 bits per heavy atom. The number of quaternary nitrogens is 1. The van der Waals surface area contributed by atoms with Crippen LogP contribution in [0.3, 0.4) is 0 Å². The molecule has 0 fully saturated rings. The molecule has 1 aromatic carbocycles. The van der Waals surface area contributed by atoms with Gasteiger partial charge in [0.05, 0.1) is 6.54 Å². The highest BCUT2D eigenvalue weighted by Crippen LogP contribution is 2.03. The number of hydrogen-bond acceptors (Lipinski definition) is 1. The van der Waals surface area contributed by atoms with Crippen molar-refractivity contribution < 1.29 is 5.73 Å². The summed E-state index contributed by atoms with van der Waals surface area (Å²) in [4.78, 5) is 0. The predicted octanol–water partition coefficient (Wildman–Crippen LogP) is 0.0107. The molecule has 0 bridgehead atoms. The number of hydrogen-bond donors (Lipinski definition) is 2. The van der Waals surface area contributed by atoms with Crippen molar-refractivity contribution in [2.24, 2.45) is 0 Å². The molecule has 0 atom stereocenters. The highest BCUT2D eigenvalue weighted by molar-refractivity contribution is 5.40. The van der Waals surface area contributed by atoms with Crippen LogP contribution in [-0.4, -0.2) is 0 Å². The van der Waals surface area contributed by atoms with Gasteiger partial charge in [0, 0.05) is 11.3 Å². The topological polar surface area (TPSA) is 53.7 Å². The highest BCUT2D eigenvalue weighted by Gasteiger charge is 1.88. The Hall–Kier alpha value is -1.02. The van der Waals surface area contributed by atoms with Crippen LogP contribution in [0.2, 0.25) is 0 Å². The van der Waals surface area contributed by atoms with Crippen LogP contribution in [0.15, 0.2) is 24.3 Å². The first-order valence-corrected chi connectivity index (χ1v) is 2.96. The summed E-state index contributed by atoms with van der Waals surface area (Å²) in [5.41, 5.74) is 11.3. The average Bonchev–Trinajstić information content (AvgIpc) is 1.88. The van der Waals surface area contributed by atoms with Gasteiger partial charge in [0.1, 0.15) is 0 Å². The zero-order chi connectivity index (χ0) is 6.69. The number of nitrogen functional groups attached to an aromatic ring is 1. The first-order valence-electron chi connectivity index (χ1n) is 2.96. The van der Waals surface area contributed by atoms with Gasteiger partial charge < -0.3 is 11.5 Å². The summed E-state index contributed by atoms with van der Waals surface area (Å²) in [5, 5.41) is 0. The van der Waals surface area contributed by atoms with E-state index in [4.69, 9.17) is 5.73 Å². The lowest BCUT2D eigenvalue weighted by Gasteiger charge is -1.93. The van der Waals surface area contributed by atoms with Gasteiger partial charge >= 0.3 is 0 Å². The van der Waals surface area contributed by atoms with Crippen LogP contribution in [0.1, 0.15) is 5.56 Å². The maximum atomic E-state index is 5.51. The number of anilines is 1. The fraction of sp³-hybridized carbons (Fsp3) is 0.143. The number of nitrogens with two attached hydrogens (primary N) is 1. The summed E-state index contributed by atoms with van der Waals surface area (Å²) < 4.78 is 0. The molecule has 0 saturated carbocycles. The SMILES string of the molecule is Nc1cccc(C[NH3+])c1. The zero-order valence-corrected chi connectivity index (χ0v) is 5.30. The summed E-state index contributed by atoms with van der Waals surface area (Å²) in [6.07, 6.45) is 0. The minimum Gasteiger partial charge on any atom is -0.399 e. The molecule has 5 N–H and O–H groups in total. The normalized spacial score (nSPS) is 9.44. The summed E-state index contributed by atoms with van der Waals surface area (Å²) in [7, 11) is 0. The largest absolute Gasteiger partial charge is 0.399 e. The molecule has 0 saturated heterocycles. The van der Waals surface area contributed by atoms with Crippen molar-refractivity contribution in [1.82, 2.24) is 0 Å². The third-order valence-electron chi connectivity index (χ3n) is 1.24. The van der Waals surface area contributed by atoms with E-state index in [0.29, 0.717) is 0 Å². The monoisotopic (exact) mass is 123 g/mol. The quantitative estimate of drug-likeness (QED) is 0.508. The van der Waals surface area contributed by atoms with Crippen molar-refractivity contribution in [2.45, 2.75) is 6.54 Å². The molecule has 0 amide bonds. The Bertz CT molecular complexity index is 196. The molecule has 48 valence electrons. The number of rotatable bonds is 1. The van der Waals surface area contributed by atoms with Gasteiger partial charge in [-0.2, -0.15) is 0 Å². The Balaban J connectivity index is 2.94. The van der Waals surface area contributed by atoms with E-state index in [2.05, 4.69) is 5.73 Å². The zero-order valence-electron chi connectivity index (χ0n) is 5.30. The van der Waals surface area contributed by atoms with Crippen LogP contribution in [0, 0.1) is 0 Å². The molecule has 0 spiro atoms. The van der Waals surface area contributed by atoms with Crippen molar-refractivity contribution in [3.63, 3.8) is 0 Å². The molecule has 0 heterocycles. The lowest BCUT2D eigenvalue weighted by molar-refractivity contribution is -0.386. The standard InChI is InChI=1S/C7H10N2/c8-5-6-2-1-3-7(9)4-6/h1-4H,5,8-9H2/p+1. The van der Waals surface area contributed by atoms with Crippen LogP contribution in [-0.2, 0) is 6.54 Å². The summed E-state index contributed by atoms with van der Waals surface area (Å²) in [5.74, 6) is 0. The van der Waals surface area contributed by atoms with Crippen molar-refractivity contribution >= 4 is 5.69 Å². The average molecular weight is 123 g/mol. The minimum atomic E-state index is 0.811.